The number of carbonyl (C=O) groups is 2. The smallest absolute Gasteiger partial charge is 0.308 e. The van der Waals surface area contributed by atoms with Gasteiger partial charge in [-0.05, 0) is 24.3 Å². The van der Waals surface area contributed by atoms with Gasteiger partial charge in [0.2, 0.25) is 5.90 Å². The van der Waals surface area contributed by atoms with Crippen molar-refractivity contribution in [3.8, 4) is 11.5 Å². The van der Waals surface area contributed by atoms with E-state index in [1.165, 1.54) is 13.0 Å². The van der Waals surface area contributed by atoms with Crippen molar-refractivity contribution in [3.63, 3.8) is 0 Å². The lowest BCUT2D eigenvalue weighted by Gasteiger charge is -2.10. The van der Waals surface area contributed by atoms with E-state index in [2.05, 4.69) is 4.99 Å². The van der Waals surface area contributed by atoms with Gasteiger partial charge in [-0.15, -0.1) is 0 Å². The van der Waals surface area contributed by atoms with Crippen LogP contribution in [-0.4, -0.2) is 17.8 Å². The average molecular weight is 299 g/mol. The van der Waals surface area contributed by atoms with Gasteiger partial charge in [0.15, 0.2) is 11.5 Å². The van der Waals surface area contributed by atoms with Gasteiger partial charge in [0.25, 0.3) is 5.91 Å². The van der Waals surface area contributed by atoms with Crippen molar-refractivity contribution < 1.29 is 23.5 Å². The molecule has 1 heterocycles. The van der Waals surface area contributed by atoms with Crippen molar-refractivity contribution in [1.82, 2.24) is 0 Å². The van der Waals surface area contributed by atoms with Crippen LogP contribution in [0, 0.1) is 5.82 Å². The molecule has 0 bridgehead atoms. The summed E-state index contributed by atoms with van der Waals surface area (Å²) < 4.78 is 23.9. The number of aliphatic imine (C=N–C) groups is 1. The zero-order valence-electron chi connectivity index (χ0n) is 11.5. The van der Waals surface area contributed by atoms with E-state index in [9.17, 15) is 14.0 Å². The van der Waals surface area contributed by atoms with E-state index >= 15 is 0 Å². The lowest BCUT2D eigenvalue weighted by molar-refractivity contribution is -0.131. The Labute approximate surface area is 125 Å². The number of carbonyl (C=O) groups excluding carboxylic acids is 2. The number of hydrogen-bond donors (Lipinski definition) is 0. The summed E-state index contributed by atoms with van der Waals surface area (Å²) in [6, 6.07) is 10.2. The first-order valence-electron chi connectivity index (χ1n) is 6.43. The van der Waals surface area contributed by atoms with Crippen LogP contribution in [0.15, 0.2) is 47.5 Å². The Kier molecular flexibility index (Phi) is 3.42. The van der Waals surface area contributed by atoms with E-state index in [0.29, 0.717) is 11.1 Å². The maximum atomic E-state index is 13.4. The van der Waals surface area contributed by atoms with E-state index in [0.717, 1.165) is 12.1 Å². The van der Waals surface area contributed by atoms with Gasteiger partial charge in [0, 0.05) is 13.0 Å². The van der Waals surface area contributed by atoms with Crippen LogP contribution in [0.1, 0.15) is 22.8 Å². The average Bonchev–Trinajstić information content (AvgIpc) is 2.79. The lowest BCUT2D eigenvalue weighted by atomic mass is 10.1. The van der Waals surface area contributed by atoms with E-state index < -0.39 is 17.7 Å². The lowest BCUT2D eigenvalue weighted by Crippen LogP contribution is -2.10. The monoisotopic (exact) mass is 299 g/mol. The van der Waals surface area contributed by atoms with Crippen LogP contribution >= 0.6 is 0 Å². The number of hydrogen-bond acceptors (Lipinski definition) is 4. The second kappa shape index (κ2) is 5.40. The van der Waals surface area contributed by atoms with Gasteiger partial charge in [-0.25, -0.2) is 4.39 Å². The van der Waals surface area contributed by atoms with Crippen LogP contribution in [-0.2, 0) is 4.79 Å². The quantitative estimate of drug-likeness (QED) is 0.632. The molecule has 0 fully saturated rings. The van der Waals surface area contributed by atoms with E-state index in [1.54, 1.807) is 24.3 Å². The summed E-state index contributed by atoms with van der Waals surface area (Å²) in [7, 11) is 0. The molecular formula is C16H10FNO4. The zero-order valence-corrected chi connectivity index (χ0v) is 11.5. The van der Waals surface area contributed by atoms with Crippen LogP contribution in [0.4, 0.5) is 4.39 Å². The van der Waals surface area contributed by atoms with Gasteiger partial charge < -0.3 is 9.47 Å². The molecule has 0 saturated heterocycles. The largest absolute Gasteiger partial charge is 0.434 e. The fraction of sp³-hybridized carbons (Fsp3) is 0.0625. The van der Waals surface area contributed by atoms with E-state index in [4.69, 9.17) is 9.47 Å². The SMILES string of the molecule is CC(=O)Oc1ccc(F)cc1OC1=NC(=O)c2ccccc21. The molecule has 0 N–H and O–H groups in total. The summed E-state index contributed by atoms with van der Waals surface area (Å²) in [6.07, 6.45) is 0. The highest BCUT2D eigenvalue weighted by molar-refractivity contribution is 6.19. The normalized spacial score (nSPS) is 12.6. The summed E-state index contributed by atoms with van der Waals surface area (Å²) in [5.41, 5.74) is 0.911. The maximum absolute atomic E-state index is 13.4. The molecule has 1 aliphatic heterocycles. The molecular weight excluding hydrogens is 289 g/mol. The first-order chi connectivity index (χ1) is 10.5. The Bertz CT molecular complexity index is 814. The predicted octanol–water partition coefficient (Wildman–Crippen LogP) is 2.73. The summed E-state index contributed by atoms with van der Waals surface area (Å²) in [5, 5.41) is 0. The molecule has 5 nitrogen and oxygen atoms in total. The summed E-state index contributed by atoms with van der Waals surface area (Å²) >= 11 is 0. The predicted molar refractivity (Wildman–Crippen MR) is 75.6 cm³/mol. The van der Waals surface area contributed by atoms with Crippen LogP contribution in [0.2, 0.25) is 0 Å². The Morgan fingerprint density at radius 3 is 2.55 bits per heavy atom. The van der Waals surface area contributed by atoms with Crippen molar-refractivity contribution in [2.75, 3.05) is 0 Å². The molecule has 3 rings (SSSR count). The second-order valence-corrected chi connectivity index (χ2v) is 4.55. The molecule has 2 aromatic rings. The maximum Gasteiger partial charge on any atom is 0.308 e. The van der Waals surface area contributed by atoms with E-state index in [1.807, 2.05) is 0 Å². The topological polar surface area (TPSA) is 65.0 Å². The van der Waals surface area contributed by atoms with Gasteiger partial charge in [-0.2, -0.15) is 4.99 Å². The van der Waals surface area contributed by atoms with Crippen molar-refractivity contribution in [3.05, 3.63) is 59.4 Å². The van der Waals surface area contributed by atoms with Gasteiger partial charge in [-0.3, -0.25) is 9.59 Å². The van der Waals surface area contributed by atoms with Crippen molar-refractivity contribution >= 4 is 17.8 Å². The molecule has 1 aliphatic rings. The number of nitrogens with zero attached hydrogens (tertiary/aromatic N) is 1. The number of esters is 1. The van der Waals surface area contributed by atoms with Crippen LogP contribution < -0.4 is 9.47 Å². The second-order valence-electron chi connectivity index (χ2n) is 4.55. The van der Waals surface area contributed by atoms with Crippen LogP contribution in [0.5, 0.6) is 11.5 Å². The first kappa shape index (κ1) is 13.9. The summed E-state index contributed by atoms with van der Waals surface area (Å²) in [6.45, 7) is 1.22. The molecule has 0 aromatic heterocycles. The summed E-state index contributed by atoms with van der Waals surface area (Å²) in [5.74, 6) is -1.51. The van der Waals surface area contributed by atoms with Crippen molar-refractivity contribution in [2.45, 2.75) is 6.92 Å². The highest BCUT2D eigenvalue weighted by Crippen LogP contribution is 2.30. The number of ether oxygens (including phenoxy) is 2. The molecule has 1 amide bonds. The number of amides is 1. The molecule has 2 aromatic carbocycles. The zero-order chi connectivity index (χ0) is 15.7. The summed E-state index contributed by atoms with van der Waals surface area (Å²) in [4.78, 5) is 26.6. The molecule has 22 heavy (non-hydrogen) atoms. The first-order valence-corrected chi connectivity index (χ1v) is 6.43. The number of benzene rings is 2. The van der Waals surface area contributed by atoms with Gasteiger partial charge >= 0.3 is 5.97 Å². The third-order valence-corrected chi connectivity index (χ3v) is 2.96. The van der Waals surface area contributed by atoms with Crippen LogP contribution in [0.3, 0.4) is 0 Å². The number of rotatable bonds is 2. The molecule has 0 atom stereocenters. The van der Waals surface area contributed by atoms with Crippen molar-refractivity contribution in [2.24, 2.45) is 4.99 Å². The Morgan fingerprint density at radius 1 is 1.09 bits per heavy atom. The Hall–Kier alpha value is -3.02. The Morgan fingerprint density at radius 2 is 1.82 bits per heavy atom. The minimum absolute atomic E-state index is 0.0292. The Balaban J connectivity index is 1.97. The fourth-order valence-electron chi connectivity index (χ4n) is 2.05. The molecule has 0 radical (unpaired) electrons. The molecule has 110 valence electrons. The molecule has 0 saturated carbocycles. The van der Waals surface area contributed by atoms with Gasteiger partial charge in [0.1, 0.15) is 5.82 Å². The van der Waals surface area contributed by atoms with E-state index in [-0.39, 0.29) is 17.4 Å². The molecule has 0 aliphatic carbocycles. The molecule has 0 unspecified atom stereocenters. The highest BCUT2D eigenvalue weighted by Gasteiger charge is 2.25. The minimum atomic E-state index is -0.568. The minimum Gasteiger partial charge on any atom is -0.434 e. The van der Waals surface area contributed by atoms with Gasteiger partial charge in [-0.1, -0.05) is 12.1 Å². The number of fused-ring (bicyclic) bond motifs is 1. The van der Waals surface area contributed by atoms with Gasteiger partial charge in [0.05, 0.1) is 11.1 Å². The third kappa shape index (κ3) is 2.58. The van der Waals surface area contributed by atoms with Crippen LogP contribution in [0.25, 0.3) is 0 Å². The molecule has 0 spiro atoms. The third-order valence-electron chi connectivity index (χ3n) is 2.96. The number of halogens is 1. The standard InChI is InChI=1S/C16H10FNO4/c1-9(19)21-13-7-6-10(17)8-14(13)22-16-12-5-3-2-4-11(12)15(20)18-16/h2-8H,1H3. The highest BCUT2D eigenvalue weighted by atomic mass is 19.1. The fourth-order valence-corrected chi connectivity index (χ4v) is 2.05. The molecule has 6 heteroatoms. The van der Waals surface area contributed by atoms with Crippen molar-refractivity contribution in [1.29, 1.82) is 0 Å².